The number of carbonyl (C=O) groups excluding carboxylic acids is 3. The number of likely N-dealkylation sites (N-methyl/N-ethyl adjacent to an activating group) is 1. The molecule has 4 aliphatic rings. The van der Waals surface area contributed by atoms with E-state index in [4.69, 9.17) is 14.2 Å². The van der Waals surface area contributed by atoms with E-state index in [1.807, 2.05) is 43.3 Å². The average Bonchev–Trinajstić information content (AvgIpc) is 3.29. The van der Waals surface area contributed by atoms with Gasteiger partial charge in [0.15, 0.2) is 11.5 Å². The van der Waals surface area contributed by atoms with Crippen LogP contribution >= 0.6 is 0 Å². The lowest BCUT2D eigenvalue weighted by molar-refractivity contribution is -0.222. The van der Waals surface area contributed by atoms with E-state index in [1.54, 1.807) is 18.0 Å². The first-order valence-electron chi connectivity index (χ1n) is 14.5. The molecule has 6 rings (SSSR count). The Labute approximate surface area is 246 Å². The predicted octanol–water partition coefficient (Wildman–Crippen LogP) is 3.71. The molecule has 5 atom stereocenters. The van der Waals surface area contributed by atoms with E-state index >= 15 is 0 Å². The van der Waals surface area contributed by atoms with Crippen molar-refractivity contribution in [1.29, 1.82) is 0 Å². The minimum Gasteiger partial charge on any atom is -0.483 e. The van der Waals surface area contributed by atoms with Gasteiger partial charge in [0, 0.05) is 51.0 Å². The van der Waals surface area contributed by atoms with Gasteiger partial charge in [-0.25, -0.2) is 0 Å². The molecule has 1 saturated carbocycles. The van der Waals surface area contributed by atoms with Crippen LogP contribution in [0, 0.1) is 18.8 Å². The molecule has 2 fully saturated rings. The van der Waals surface area contributed by atoms with Crippen molar-refractivity contribution in [3.63, 3.8) is 0 Å². The van der Waals surface area contributed by atoms with E-state index in [0.717, 1.165) is 28.8 Å². The molecule has 0 N–H and O–H groups in total. The van der Waals surface area contributed by atoms with Gasteiger partial charge >= 0.3 is 11.9 Å². The third-order valence-corrected chi connectivity index (χ3v) is 9.58. The minimum absolute atomic E-state index is 0.0969. The van der Waals surface area contributed by atoms with Crippen LogP contribution in [-0.4, -0.2) is 71.6 Å². The topological polar surface area (TPSA) is 85.4 Å². The summed E-state index contributed by atoms with van der Waals surface area (Å²) in [6.45, 7) is 10.2. The number of esters is 2. The van der Waals surface area contributed by atoms with Gasteiger partial charge in [-0.1, -0.05) is 30.2 Å². The molecule has 1 amide bonds. The summed E-state index contributed by atoms with van der Waals surface area (Å²) in [6, 6.07) is 11.1. The third kappa shape index (κ3) is 4.13. The van der Waals surface area contributed by atoms with Gasteiger partial charge in [-0.15, -0.1) is 6.58 Å². The Hall–Kier alpha value is -4.09. The van der Waals surface area contributed by atoms with Crippen LogP contribution in [0.3, 0.4) is 0 Å². The highest BCUT2D eigenvalue weighted by Gasteiger charge is 2.75. The molecule has 1 spiro atoms. The van der Waals surface area contributed by atoms with Crippen LogP contribution in [0.4, 0.5) is 0 Å². The van der Waals surface area contributed by atoms with Gasteiger partial charge in [0.05, 0.1) is 17.5 Å². The van der Waals surface area contributed by atoms with Crippen molar-refractivity contribution in [2.24, 2.45) is 0 Å². The first kappa shape index (κ1) is 28.0. The number of hydrogen-bond acceptors (Lipinski definition) is 7. The number of ether oxygens (including phenoxy) is 3. The van der Waals surface area contributed by atoms with Gasteiger partial charge in [-0.3, -0.25) is 19.3 Å². The monoisotopic (exact) mass is 568 g/mol. The normalized spacial score (nSPS) is 28.3. The van der Waals surface area contributed by atoms with Gasteiger partial charge in [-0.05, 0) is 61.9 Å². The van der Waals surface area contributed by atoms with E-state index in [2.05, 4.69) is 23.3 Å². The molecule has 2 aromatic carbocycles. The Kier molecular flexibility index (Phi) is 6.89. The molecule has 42 heavy (non-hydrogen) atoms. The van der Waals surface area contributed by atoms with Crippen LogP contribution in [0.1, 0.15) is 55.4 Å². The second-order valence-corrected chi connectivity index (χ2v) is 11.9. The summed E-state index contributed by atoms with van der Waals surface area (Å²) in [6.07, 6.45) is 3.76. The molecule has 2 aliphatic carbocycles. The fraction of sp³-hybridized carbons (Fsp3) is 0.441. The number of hydrogen-bond donors (Lipinski definition) is 0. The summed E-state index contributed by atoms with van der Waals surface area (Å²) in [5.41, 5.74) is 2.25. The summed E-state index contributed by atoms with van der Waals surface area (Å²) in [7, 11) is 1.76. The third-order valence-electron chi connectivity index (χ3n) is 9.58. The van der Waals surface area contributed by atoms with Crippen molar-refractivity contribution in [2.75, 3.05) is 20.1 Å². The lowest BCUT2D eigenvalue weighted by Crippen LogP contribution is -2.79. The van der Waals surface area contributed by atoms with Crippen LogP contribution < -0.4 is 9.47 Å². The van der Waals surface area contributed by atoms with Crippen LogP contribution in [0.5, 0.6) is 11.5 Å². The predicted molar refractivity (Wildman–Crippen MR) is 156 cm³/mol. The lowest BCUT2D eigenvalue weighted by atomic mass is 9.48. The van der Waals surface area contributed by atoms with E-state index < -0.39 is 23.1 Å². The summed E-state index contributed by atoms with van der Waals surface area (Å²) in [4.78, 5) is 42.4. The maximum Gasteiger partial charge on any atom is 0.308 e. The molecule has 218 valence electrons. The molecule has 0 aromatic heterocycles. The Balaban J connectivity index is 1.47. The fourth-order valence-corrected chi connectivity index (χ4v) is 8.13. The van der Waals surface area contributed by atoms with Crippen LogP contribution in [0.25, 0.3) is 0 Å². The first-order chi connectivity index (χ1) is 20.1. The van der Waals surface area contributed by atoms with E-state index in [-0.39, 0.29) is 24.0 Å². The zero-order valence-electron chi connectivity index (χ0n) is 24.6. The number of aryl methyl sites for hydroxylation is 1. The smallest absolute Gasteiger partial charge is 0.308 e. The maximum atomic E-state index is 13.5. The first-order valence-corrected chi connectivity index (χ1v) is 14.5. The van der Waals surface area contributed by atoms with Crippen molar-refractivity contribution in [3.8, 4) is 23.3 Å². The highest BCUT2D eigenvalue weighted by Crippen LogP contribution is 2.67. The minimum atomic E-state index is -0.883. The fourth-order valence-electron chi connectivity index (χ4n) is 8.13. The van der Waals surface area contributed by atoms with E-state index in [1.165, 1.54) is 13.8 Å². The van der Waals surface area contributed by atoms with Crippen molar-refractivity contribution in [3.05, 3.63) is 71.3 Å². The number of likely N-dealkylation sites (tertiary alicyclic amines) is 1. The molecule has 2 aliphatic heterocycles. The highest BCUT2D eigenvalue weighted by molar-refractivity contribution is 5.94. The average molecular weight is 569 g/mol. The number of rotatable bonds is 5. The number of benzene rings is 2. The second-order valence-electron chi connectivity index (χ2n) is 11.9. The number of carbonyl (C=O) groups is 3. The molecular formula is C34H36N2O6. The molecule has 2 heterocycles. The van der Waals surface area contributed by atoms with E-state index in [0.29, 0.717) is 43.7 Å². The van der Waals surface area contributed by atoms with Gasteiger partial charge in [0.1, 0.15) is 11.7 Å². The summed E-state index contributed by atoms with van der Waals surface area (Å²) in [5, 5.41) is 0. The zero-order valence-corrected chi connectivity index (χ0v) is 24.6. The zero-order chi connectivity index (χ0) is 29.8. The Bertz CT molecular complexity index is 1550. The van der Waals surface area contributed by atoms with Crippen LogP contribution in [0.15, 0.2) is 49.1 Å². The number of amides is 1. The van der Waals surface area contributed by atoms with Gasteiger partial charge in [-0.2, -0.15) is 0 Å². The van der Waals surface area contributed by atoms with Crippen molar-refractivity contribution < 1.29 is 28.6 Å². The quantitative estimate of drug-likeness (QED) is 0.235. The molecule has 8 heteroatoms. The number of nitrogens with zero attached hydrogens (tertiary/aromatic N) is 2. The molecule has 0 unspecified atom stereocenters. The lowest BCUT2D eigenvalue weighted by Gasteiger charge is -2.65. The largest absolute Gasteiger partial charge is 0.483 e. The number of piperidine rings is 1. The van der Waals surface area contributed by atoms with Crippen molar-refractivity contribution in [2.45, 2.75) is 75.7 Å². The summed E-state index contributed by atoms with van der Waals surface area (Å²) >= 11 is 0. The van der Waals surface area contributed by atoms with Gasteiger partial charge < -0.3 is 19.1 Å². The van der Waals surface area contributed by atoms with Gasteiger partial charge in [0.25, 0.3) is 5.91 Å². The Morgan fingerprint density at radius 1 is 1.19 bits per heavy atom. The molecule has 2 bridgehead atoms. The Morgan fingerprint density at radius 3 is 2.71 bits per heavy atom. The molecule has 2 aromatic rings. The van der Waals surface area contributed by atoms with Crippen LogP contribution in [-0.2, 0) is 31.0 Å². The SMILES string of the molecule is C=CCN1CC[C@]23c4c5ccc(OC(C)=O)c4O[C@H]2[C@@H](N(C)C(=O)C#Cc2cccc(C)c2)CC[C@@]3(OC(C)=O)[C@H]1C5. The second kappa shape index (κ2) is 10.3. The summed E-state index contributed by atoms with van der Waals surface area (Å²) < 4.78 is 18.9. The molecule has 0 radical (unpaired) electrons. The Morgan fingerprint density at radius 2 is 2.00 bits per heavy atom. The maximum absolute atomic E-state index is 13.5. The standard InChI is InChI=1S/C34H36N2O6/c1-6-17-36-18-16-33-30-25-11-12-27(40-22(3)37)31(30)41-32(33)26(14-15-34(33,28(36)20-25)42-23(4)38)35(5)29(39)13-10-24-9-7-8-21(2)19-24/h6-9,11-12,19,26,28,32H,1,14-18,20H2,2-5H3/t26-,28+,32-,33-,34+/m0/s1. The van der Waals surface area contributed by atoms with Crippen LogP contribution in [0.2, 0.25) is 0 Å². The highest BCUT2D eigenvalue weighted by atomic mass is 16.6. The molecule has 1 saturated heterocycles. The van der Waals surface area contributed by atoms with E-state index in [9.17, 15) is 14.4 Å². The molecule has 8 nitrogen and oxygen atoms in total. The van der Waals surface area contributed by atoms with Gasteiger partial charge in [0.2, 0.25) is 0 Å². The molecular weight excluding hydrogens is 532 g/mol. The van der Waals surface area contributed by atoms with Crippen molar-refractivity contribution >= 4 is 17.8 Å². The van der Waals surface area contributed by atoms with Crippen molar-refractivity contribution in [1.82, 2.24) is 9.80 Å². The summed E-state index contributed by atoms with van der Waals surface area (Å²) in [5.74, 6) is 5.59.